The number of benzene rings is 1. The average Bonchev–Trinajstić information content (AvgIpc) is 2.38. The molecule has 0 aliphatic rings. The van der Waals surface area contributed by atoms with Gasteiger partial charge in [0.05, 0.1) is 12.8 Å². The van der Waals surface area contributed by atoms with Crippen molar-refractivity contribution in [2.24, 2.45) is 0 Å². The summed E-state index contributed by atoms with van der Waals surface area (Å²) in [6.45, 7) is 0. The first-order chi connectivity index (χ1) is 9.08. The molecular weight excluding hydrogens is 251 g/mol. The molecule has 0 aliphatic heterocycles. The number of nitrogens with zero attached hydrogens (tertiary/aromatic N) is 2. The predicted octanol–water partition coefficient (Wildman–Crippen LogP) is 1.91. The third kappa shape index (κ3) is 3.25. The first kappa shape index (κ1) is 12.9. The van der Waals surface area contributed by atoms with Crippen LogP contribution in [0.15, 0.2) is 30.3 Å². The first-order valence-electron chi connectivity index (χ1n) is 5.48. The summed E-state index contributed by atoms with van der Waals surface area (Å²) in [7, 11) is 1.39. The summed E-state index contributed by atoms with van der Waals surface area (Å²) in [5.41, 5.74) is 1.15. The second kappa shape index (κ2) is 5.43. The molecule has 0 fully saturated rings. The summed E-state index contributed by atoms with van der Waals surface area (Å²) in [6, 6.07) is 7.55. The average molecular weight is 262 g/mol. The van der Waals surface area contributed by atoms with E-state index in [1.807, 2.05) is 0 Å². The number of carboxylic acids is 1. The fraction of sp³-hybridized carbons (Fsp3) is 0.154. The van der Waals surface area contributed by atoms with E-state index in [-0.39, 0.29) is 17.5 Å². The highest BCUT2D eigenvalue weighted by molar-refractivity contribution is 5.83. The van der Waals surface area contributed by atoms with Gasteiger partial charge in [-0.15, -0.1) is 0 Å². The third-order valence-electron chi connectivity index (χ3n) is 2.43. The van der Waals surface area contributed by atoms with Crippen LogP contribution >= 0.6 is 0 Å². The van der Waals surface area contributed by atoms with Gasteiger partial charge in [-0.25, -0.2) is 14.2 Å². The van der Waals surface area contributed by atoms with Crippen LogP contribution < -0.4 is 4.74 Å². The minimum atomic E-state index is -1.24. The maximum Gasteiger partial charge on any atom is 0.374 e. The van der Waals surface area contributed by atoms with Crippen LogP contribution in [-0.4, -0.2) is 28.2 Å². The van der Waals surface area contributed by atoms with E-state index in [0.29, 0.717) is 17.7 Å². The van der Waals surface area contributed by atoms with E-state index in [9.17, 15) is 9.18 Å². The fourth-order valence-electron chi connectivity index (χ4n) is 1.62. The molecule has 98 valence electrons. The number of carbonyl (C=O) groups is 1. The van der Waals surface area contributed by atoms with Gasteiger partial charge in [0.15, 0.2) is 0 Å². The van der Waals surface area contributed by atoms with Crippen molar-refractivity contribution in [2.45, 2.75) is 6.42 Å². The predicted molar refractivity (Wildman–Crippen MR) is 64.7 cm³/mol. The number of hydrogen-bond donors (Lipinski definition) is 1. The molecule has 1 N–H and O–H groups in total. The molecule has 0 saturated carbocycles. The van der Waals surface area contributed by atoms with Gasteiger partial charge in [0.1, 0.15) is 5.82 Å². The molecule has 0 spiro atoms. The maximum atomic E-state index is 13.1. The zero-order valence-electron chi connectivity index (χ0n) is 10.1. The number of carboxylic acid groups (broad SMARTS) is 1. The first-order valence-corrected chi connectivity index (χ1v) is 5.48. The van der Waals surface area contributed by atoms with Gasteiger partial charge in [-0.2, -0.15) is 4.98 Å². The molecule has 0 unspecified atom stereocenters. The minimum Gasteiger partial charge on any atom is -0.481 e. The number of halogens is 1. The van der Waals surface area contributed by atoms with Gasteiger partial charge in [0.25, 0.3) is 0 Å². The highest BCUT2D eigenvalue weighted by atomic mass is 19.1. The number of ether oxygens (including phenoxy) is 1. The summed E-state index contributed by atoms with van der Waals surface area (Å²) >= 11 is 0. The van der Waals surface area contributed by atoms with Crippen LogP contribution in [0.1, 0.15) is 21.9 Å². The number of hydrogen-bond acceptors (Lipinski definition) is 4. The van der Waals surface area contributed by atoms with Crippen molar-refractivity contribution in [3.8, 4) is 5.88 Å². The van der Waals surface area contributed by atoms with E-state index in [2.05, 4.69) is 9.97 Å². The molecule has 2 rings (SSSR count). The largest absolute Gasteiger partial charge is 0.481 e. The van der Waals surface area contributed by atoms with Crippen LogP contribution in [0.5, 0.6) is 5.88 Å². The van der Waals surface area contributed by atoms with Crippen LogP contribution in [0, 0.1) is 5.82 Å². The Hall–Kier alpha value is -2.50. The van der Waals surface area contributed by atoms with Crippen LogP contribution in [0.4, 0.5) is 4.39 Å². The molecule has 1 heterocycles. The summed E-state index contributed by atoms with van der Waals surface area (Å²) in [6.07, 6.45) is 0.302. The van der Waals surface area contributed by atoms with Gasteiger partial charge < -0.3 is 9.84 Å². The standard InChI is InChI=1S/C13H11FN2O3/c1-19-11-7-10(15-12(16-11)13(17)18)6-8-3-2-4-9(14)5-8/h2-5,7H,6H2,1H3,(H,17,18). The Kier molecular flexibility index (Phi) is 3.70. The SMILES string of the molecule is COc1cc(Cc2cccc(F)c2)nc(C(=O)O)n1. The number of methoxy groups -OCH3 is 1. The Bertz CT molecular complexity index is 617. The van der Waals surface area contributed by atoms with Gasteiger partial charge in [0.2, 0.25) is 11.7 Å². The molecule has 1 aromatic carbocycles. The van der Waals surface area contributed by atoms with Crippen LogP contribution in [0.2, 0.25) is 0 Å². The molecule has 1 aromatic heterocycles. The van der Waals surface area contributed by atoms with Gasteiger partial charge in [-0.1, -0.05) is 12.1 Å². The van der Waals surface area contributed by atoms with Crippen LogP contribution in [0.3, 0.4) is 0 Å². The van der Waals surface area contributed by atoms with Gasteiger partial charge in [-0.05, 0) is 17.7 Å². The molecule has 5 nitrogen and oxygen atoms in total. The van der Waals surface area contributed by atoms with Crippen molar-refractivity contribution in [1.29, 1.82) is 0 Å². The normalized spacial score (nSPS) is 10.2. The molecule has 0 amide bonds. The zero-order valence-corrected chi connectivity index (χ0v) is 10.1. The molecular formula is C13H11FN2O3. The lowest BCUT2D eigenvalue weighted by atomic mass is 10.1. The van der Waals surface area contributed by atoms with Crippen molar-refractivity contribution < 1.29 is 19.0 Å². The molecule has 0 aliphatic carbocycles. The van der Waals surface area contributed by atoms with E-state index in [1.54, 1.807) is 12.1 Å². The monoisotopic (exact) mass is 262 g/mol. The summed E-state index contributed by atoms with van der Waals surface area (Å²) < 4.78 is 18.0. The molecule has 0 saturated heterocycles. The summed E-state index contributed by atoms with van der Waals surface area (Å²) in [4.78, 5) is 18.5. The Morgan fingerprint density at radius 3 is 2.79 bits per heavy atom. The van der Waals surface area contributed by atoms with E-state index >= 15 is 0 Å². The smallest absolute Gasteiger partial charge is 0.374 e. The zero-order chi connectivity index (χ0) is 13.8. The fourth-order valence-corrected chi connectivity index (χ4v) is 1.62. The second-order valence-corrected chi connectivity index (χ2v) is 3.84. The Morgan fingerprint density at radius 1 is 1.37 bits per heavy atom. The van der Waals surface area contributed by atoms with Crippen LogP contribution in [0.25, 0.3) is 0 Å². The number of aromatic nitrogens is 2. The van der Waals surface area contributed by atoms with Crippen molar-refractivity contribution >= 4 is 5.97 Å². The molecule has 0 atom stereocenters. The third-order valence-corrected chi connectivity index (χ3v) is 2.43. The van der Waals surface area contributed by atoms with Crippen molar-refractivity contribution in [2.75, 3.05) is 7.11 Å². The lowest BCUT2D eigenvalue weighted by molar-refractivity contribution is 0.0682. The van der Waals surface area contributed by atoms with E-state index < -0.39 is 5.97 Å². The number of rotatable bonds is 4. The van der Waals surface area contributed by atoms with Gasteiger partial charge in [0, 0.05) is 12.5 Å². The van der Waals surface area contributed by atoms with Gasteiger partial charge in [-0.3, -0.25) is 0 Å². The Labute approximate surface area is 108 Å². The quantitative estimate of drug-likeness (QED) is 0.911. The Balaban J connectivity index is 2.34. The maximum absolute atomic E-state index is 13.1. The van der Waals surface area contributed by atoms with E-state index in [4.69, 9.17) is 9.84 Å². The molecule has 19 heavy (non-hydrogen) atoms. The second-order valence-electron chi connectivity index (χ2n) is 3.84. The molecule has 0 bridgehead atoms. The van der Waals surface area contributed by atoms with Crippen molar-refractivity contribution in [3.63, 3.8) is 0 Å². The van der Waals surface area contributed by atoms with E-state index in [0.717, 1.165) is 0 Å². The molecule has 2 aromatic rings. The highest BCUT2D eigenvalue weighted by Crippen LogP contribution is 2.14. The van der Waals surface area contributed by atoms with Gasteiger partial charge >= 0.3 is 5.97 Å². The lowest BCUT2D eigenvalue weighted by Crippen LogP contribution is -2.08. The van der Waals surface area contributed by atoms with Crippen molar-refractivity contribution in [3.05, 3.63) is 53.2 Å². The van der Waals surface area contributed by atoms with E-state index in [1.165, 1.54) is 25.3 Å². The topological polar surface area (TPSA) is 72.3 Å². The van der Waals surface area contributed by atoms with Crippen LogP contribution in [-0.2, 0) is 6.42 Å². The molecule has 0 radical (unpaired) electrons. The molecule has 6 heteroatoms. The summed E-state index contributed by atoms with van der Waals surface area (Å²) in [5.74, 6) is -1.76. The summed E-state index contributed by atoms with van der Waals surface area (Å²) in [5, 5.41) is 8.90. The highest BCUT2D eigenvalue weighted by Gasteiger charge is 2.11. The lowest BCUT2D eigenvalue weighted by Gasteiger charge is -2.05. The number of aromatic carboxylic acids is 1. The minimum absolute atomic E-state index is 0.166. The Morgan fingerprint density at radius 2 is 2.16 bits per heavy atom. The van der Waals surface area contributed by atoms with Crippen molar-refractivity contribution in [1.82, 2.24) is 9.97 Å².